The number of aryl methyl sites for hydroxylation is 1. The molecular formula is C14H14F4N4O. The molecule has 0 saturated heterocycles. The van der Waals surface area contributed by atoms with E-state index in [1.165, 1.54) is 29.2 Å². The first-order valence-electron chi connectivity index (χ1n) is 6.61. The van der Waals surface area contributed by atoms with Gasteiger partial charge in [-0.05, 0) is 17.7 Å². The van der Waals surface area contributed by atoms with E-state index in [2.05, 4.69) is 15.7 Å². The second-order valence-electron chi connectivity index (χ2n) is 4.92. The summed E-state index contributed by atoms with van der Waals surface area (Å²) >= 11 is 0. The summed E-state index contributed by atoms with van der Waals surface area (Å²) in [6.45, 7) is 0. The maximum atomic E-state index is 12.9. The zero-order valence-corrected chi connectivity index (χ0v) is 12.1. The van der Waals surface area contributed by atoms with Gasteiger partial charge in [0.1, 0.15) is 5.82 Å². The molecule has 23 heavy (non-hydrogen) atoms. The SMILES string of the molecule is Cn1cc(NC(=O)N[C@H](CC(F)(F)F)c2ccc(F)cc2)cn1. The van der Waals surface area contributed by atoms with Gasteiger partial charge in [0.05, 0.1) is 24.3 Å². The molecule has 1 aromatic carbocycles. The Morgan fingerprint density at radius 3 is 2.48 bits per heavy atom. The summed E-state index contributed by atoms with van der Waals surface area (Å²) < 4.78 is 52.4. The number of hydrogen-bond donors (Lipinski definition) is 2. The first-order chi connectivity index (χ1) is 10.7. The molecule has 0 bridgehead atoms. The van der Waals surface area contributed by atoms with Crippen molar-refractivity contribution in [2.45, 2.75) is 18.6 Å². The summed E-state index contributed by atoms with van der Waals surface area (Å²) in [7, 11) is 1.63. The van der Waals surface area contributed by atoms with Crippen LogP contribution in [-0.4, -0.2) is 22.0 Å². The molecule has 0 unspecified atom stereocenters. The van der Waals surface area contributed by atoms with Crippen LogP contribution < -0.4 is 10.6 Å². The Balaban J connectivity index is 2.10. The number of aromatic nitrogens is 2. The van der Waals surface area contributed by atoms with E-state index in [1.54, 1.807) is 7.05 Å². The third kappa shape index (κ3) is 5.28. The number of rotatable bonds is 4. The van der Waals surface area contributed by atoms with Crippen molar-refractivity contribution in [3.8, 4) is 0 Å². The third-order valence-electron chi connectivity index (χ3n) is 2.98. The molecule has 2 rings (SSSR count). The van der Waals surface area contributed by atoms with E-state index in [9.17, 15) is 22.4 Å². The predicted molar refractivity (Wildman–Crippen MR) is 75.2 cm³/mol. The zero-order chi connectivity index (χ0) is 17.0. The highest BCUT2D eigenvalue weighted by Crippen LogP contribution is 2.29. The highest BCUT2D eigenvalue weighted by molar-refractivity contribution is 5.89. The van der Waals surface area contributed by atoms with E-state index in [4.69, 9.17) is 0 Å². The number of halogens is 4. The van der Waals surface area contributed by atoms with Crippen LogP contribution in [-0.2, 0) is 7.05 Å². The third-order valence-corrected chi connectivity index (χ3v) is 2.98. The monoisotopic (exact) mass is 330 g/mol. The van der Waals surface area contributed by atoms with Crippen LogP contribution in [0.15, 0.2) is 36.7 Å². The van der Waals surface area contributed by atoms with Crippen LogP contribution in [0.1, 0.15) is 18.0 Å². The molecule has 2 aromatic rings. The number of benzene rings is 1. The zero-order valence-electron chi connectivity index (χ0n) is 12.1. The molecule has 2 amide bonds. The molecule has 0 spiro atoms. The van der Waals surface area contributed by atoms with Crippen molar-refractivity contribution >= 4 is 11.7 Å². The molecule has 0 fully saturated rings. The topological polar surface area (TPSA) is 59.0 Å². The Kier molecular flexibility index (Phi) is 4.87. The summed E-state index contributed by atoms with van der Waals surface area (Å²) in [6.07, 6.45) is -2.90. The summed E-state index contributed by atoms with van der Waals surface area (Å²) in [4.78, 5) is 11.9. The van der Waals surface area contributed by atoms with E-state index in [-0.39, 0.29) is 5.56 Å². The lowest BCUT2D eigenvalue weighted by Gasteiger charge is -2.20. The first kappa shape index (κ1) is 16.8. The number of amides is 2. The van der Waals surface area contributed by atoms with Gasteiger partial charge < -0.3 is 10.6 Å². The smallest absolute Gasteiger partial charge is 0.331 e. The minimum absolute atomic E-state index is 0.157. The van der Waals surface area contributed by atoms with Gasteiger partial charge in [-0.15, -0.1) is 0 Å². The number of nitrogens with zero attached hydrogens (tertiary/aromatic N) is 2. The molecule has 0 radical (unpaired) electrons. The Morgan fingerprint density at radius 2 is 1.96 bits per heavy atom. The quantitative estimate of drug-likeness (QED) is 0.845. The van der Waals surface area contributed by atoms with Crippen molar-refractivity contribution in [1.29, 1.82) is 0 Å². The lowest BCUT2D eigenvalue weighted by atomic mass is 10.0. The van der Waals surface area contributed by atoms with Gasteiger partial charge in [-0.25, -0.2) is 9.18 Å². The first-order valence-corrected chi connectivity index (χ1v) is 6.61. The van der Waals surface area contributed by atoms with Crippen molar-refractivity contribution in [2.75, 3.05) is 5.32 Å². The maximum absolute atomic E-state index is 12.9. The molecule has 1 aromatic heterocycles. The van der Waals surface area contributed by atoms with E-state index in [0.717, 1.165) is 12.1 Å². The highest BCUT2D eigenvalue weighted by Gasteiger charge is 2.33. The van der Waals surface area contributed by atoms with Gasteiger partial charge in [0.15, 0.2) is 0 Å². The van der Waals surface area contributed by atoms with Crippen LogP contribution in [0.3, 0.4) is 0 Å². The van der Waals surface area contributed by atoms with Crippen molar-refractivity contribution in [2.24, 2.45) is 7.05 Å². The van der Waals surface area contributed by atoms with E-state index >= 15 is 0 Å². The highest BCUT2D eigenvalue weighted by atomic mass is 19.4. The molecule has 0 aliphatic heterocycles. The number of carbonyl (C=O) groups is 1. The van der Waals surface area contributed by atoms with Crippen LogP contribution in [0.25, 0.3) is 0 Å². The molecule has 5 nitrogen and oxygen atoms in total. The number of anilines is 1. The number of nitrogens with one attached hydrogen (secondary N) is 2. The van der Waals surface area contributed by atoms with E-state index in [0.29, 0.717) is 5.69 Å². The van der Waals surface area contributed by atoms with Crippen LogP contribution in [0, 0.1) is 5.82 Å². The van der Waals surface area contributed by atoms with Gasteiger partial charge in [-0.2, -0.15) is 18.3 Å². The number of hydrogen-bond acceptors (Lipinski definition) is 2. The number of alkyl halides is 3. The van der Waals surface area contributed by atoms with Crippen LogP contribution >= 0.6 is 0 Å². The molecule has 1 heterocycles. The fraction of sp³-hybridized carbons (Fsp3) is 0.286. The van der Waals surface area contributed by atoms with Gasteiger partial charge in [-0.3, -0.25) is 4.68 Å². The number of carbonyl (C=O) groups excluding carboxylic acids is 1. The fourth-order valence-electron chi connectivity index (χ4n) is 1.99. The Morgan fingerprint density at radius 1 is 1.30 bits per heavy atom. The van der Waals surface area contributed by atoms with E-state index < -0.39 is 30.5 Å². The lowest BCUT2D eigenvalue weighted by molar-refractivity contribution is -0.139. The van der Waals surface area contributed by atoms with Crippen molar-refractivity contribution < 1.29 is 22.4 Å². The van der Waals surface area contributed by atoms with Crippen molar-refractivity contribution in [3.05, 3.63) is 48.0 Å². The summed E-state index contributed by atoms with van der Waals surface area (Å²) in [5.41, 5.74) is 0.500. The summed E-state index contributed by atoms with van der Waals surface area (Å²) in [6, 6.07) is 2.36. The van der Waals surface area contributed by atoms with Gasteiger partial charge >= 0.3 is 12.2 Å². The minimum Gasteiger partial charge on any atom is -0.331 e. The van der Waals surface area contributed by atoms with Gasteiger partial charge in [0, 0.05) is 13.2 Å². The average molecular weight is 330 g/mol. The second kappa shape index (κ2) is 6.67. The van der Waals surface area contributed by atoms with E-state index in [1.807, 2.05) is 0 Å². The largest absolute Gasteiger partial charge is 0.391 e. The van der Waals surface area contributed by atoms with Gasteiger partial charge in [0.2, 0.25) is 0 Å². The Bertz CT molecular complexity index is 666. The van der Waals surface area contributed by atoms with Crippen LogP contribution in [0.5, 0.6) is 0 Å². The molecule has 0 aliphatic rings. The van der Waals surface area contributed by atoms with Crippen molar-refractivity contribution in [1.82, 2.24) is 15.1 Å². The molecule has 1 atom stereocenters. The molecule has 9 heteroatoms. The Hall–Kier alpha value is -2.58. The van der Waals surface area contributed by atoms with Gasteiger partial charge in [0.25, 0.3) is 0 Å². The molecular weight excluding hydrogens is 316 g/mol. The predicted octanol–water partition coefficient (Wildman–Crippen LogP) is 3.37. The van der Waals surface area contributed by atoms with Crippen LogP contribution in [0.4, 0.5) is 28.0 Å². The summed E-state index contributed by atoms with van der Waals surface area (Å²) in [5, 5.41) is 8.45. The van der Waals surface area contributed by atoms with Crippen molar-refractivity contribution in [3.63, 3.8) is 0 Å². The van der Waals surface area contributed by atoms with Crippen LogP contribution in [0.2, 0.25) is 0 Å². The fourth-order valence-corrected chi connectivity index (χ4v) is 1.99. The van der Waals surface area contributed by atoms with Gasteiger partial charge in [-0.1, -0.05) is 12.1 Å². The molecule has 0 aliphatic carbocycles. The normalized spacial score (nSPS) is 12.7. The molecule has 2 N–H and O–H groups in total. The average Bonchev–Trinajstić information content (AvgIpc) is 2.82. The molecule has 124 valence electrons. The number of urea groups is 1. The molecule has 0 saturated carbocycles. The second-order valence-corrected chi connectivity index (χ2v) is 4.92. The standard InChI is InChI=1S/C14H14F4N4O/c1-22-8-11(7-19-22)20-13(23)21-12(6-14(16,17)18)9-2-4-10(15)5-3-9/h2-5,7-8,12H,6H2,1H3,(H2,20,21,23)/t12-/m1/s1. The maximum Gasteiger partial charge on any atom is 0.391 e. The Labute approximate surface area is 129 Å². The minimum atomic E-state index is -4.49. The lowest BCUT2D eigenvalue weighted by Crippen LogP contribution is -2.35. The summed E-state index contributed by atoms with van der Waals surface area (Å²) in [5.74, 6) is -0.570.